The van der Waals surface area contributed by atoms with Crippen LogP contribution < -0.4 is 5.32 Å². The summed E-state index contributed by atoms with van der Waals surface area (Å²) in [6, 6.07) is -1.04. The van der Waals surface area contributed by atoms with E-state index >= 15 is 0 Å². The van der Waals surface area contributed by atoms with Crippen molar-refractivity contribution in [1.82, 2.24) is 10.2 Å². The van der Waals surface area contributed by atoms with Crippen LogP contribution >= 0.6 is 0 Å². The Morgan fingerprint density at radius 1 is 1.44 bits per heavy atom. The predicted octanol–water partition coefficient (Wildman–Crippen LogP) is -0.950. The standard InChI is InChI=1S/C10H16N2O4/c13-9(7-2-1-3-11-7)12-4-5-16-6-8(12)10(14)15/h7-8,11H,1-6H2,(H,14,15)/t7-,8?/m0/s1. The van der Waals surface area contributed by atoms with Gasteiger partial charge in [0.25, 0.3) is 0 Å². The summed E-state index contributed by atoms with van der Waals surface area (Å²) in [4.78, 5) is 24.5. The number of nitrogens with one attached hydrogen (secondary N) is 1. The summed E-state index contributed by atoms with van der Waals surface area (Å²) < 4.78 is 5.09. The monoisotopic (exact) mass is 228 g/mol. The Bertz CT molecular complexity index is 289. The van der Waals surface area contributed by atoms with E-state index in [1.165, 1.54) is 4.90 Å². The van der Waals surface area contributed by atoms with Crippen LogP contribution in [0.5, 0.6) is 0 Å². The topological polar surface area (TPSA) is 78.9 Å². The number of nitrogens with zero attached hydrogens (tertiary/aromatic N) is 1. The van der Waals surface area contributed by atoms with E-state index < -0.39 is 12.0 Å². The van der Waals surface area contributed by atoms with Crippen LogP contribution in [0.3, 0.4) is 0 Å². The number of rotatable bonds is 2. The molecule has 2 atom stereocenters. The molecule has 1 unspecified atom stereocenters. The van der Waals surface area contributed by atoms with Crippen LogP contribution in [0.2, 0.25) is 0 Å². The fourth-order valence-electron chi connectivity index (χ4n) is 2.17. The molecule has 2 rings (SSSR count). The van der Waals surface area contributed by atoms with Gasteiger partial charge in [-0.05, 0) is 19.4 Å². The third-order valence-electron chi connectivity index (χ3n) is 3.06. The third-order valence-corrected chi connectivity index (χ3v) is 3.06. The van der Waals surface area contributed by atoms with Gasteiger partial charge in [0.15, 0.2) is 6.04 Å². The minimum Gasteiger partial charge on any atom is -0.480 e. The fourth-order valence-corrected chi connectivity index (χ4v) is 2.17. The second kappa shape index (κ2) is 4.80. The van der Waals surface area contributed by atoms with Crippen LogP contribution in [0.4, 0.5) is 0 Å². The maximum atomic E-state index is 12.1. The van der Waals surface area contributed by atoms with E-state index in [1.807, 2.05) is 0 Å². The third kappa shape index (κ3) is 2.17. The van der Waals surface area contributed by atoms with Crippen molar-refractivity contribution < 1.29 is 19.4 Å². The minimum absolute atomic E-state index is 0.0911. The molecule has 2 fully saturated rings. The Kier molecular flexibility index (Phi) is 3.40. The van der Waals surface area contributed by atoms with Gasteiger partial charge >= 0.3 is 5.97 Å². The summed E-state index contributed by atoms with van der Waals surface area (Å²) in [5.41, 5.74) is 0. The molecule has 6 heteroatoms. The first-order chi connectivity index (χ1) is 7.70. The first-order valence-electron chi connectivity index (χ1n) is 5.54. The molecule has 2 saturated heterocycles. The number of carbonyl (C=O) groups is 2. The zero-order chi connectivity index (χ0) is 11.5. The summed E-state index contributed by atoms with van der Waals surface area (Å²) in [5.74, 6) is -1.10. The summed E-state index contributed by atoms with van der Waals surface area (Å²) in [7, 11) is 0. The predicted molar refractivity (Wildman–Crippen MR) is 55.0 cm³/mol. The van der Waals surface area contributed by atoms with Crippen LogP contribution in [-0.4, -0.2) is 60.3 Å². The van der Waals surface area contributed by atoms with Crippen molar-refractivity contribution in [3.05, 3.63) is 0 Å². The maximum Gasteiger partial charge on any atom is 0.328 e. The van der Waals surface area contributed by atoms with Gasteiger partial charge in [-0.25, -0.2) is 4.79 Å². The lowest BCUT2D eigenvalue weighted by Crippen LogP contribution is -2.56. The highest BCUT2D eigenvalue weighted by Gasteiger charge is 2.36. The van der Waals surface area contributed by atoms with Crippen molar-refractivity contribution in [2.24, 2.45) is 0 Å². The van der Waals surface area contributed by atoms with Gasteiger partial charge in [0.2, 0.25) is 5.91 Å². The molecule has 0 bridgehead atoms. The van der Waals surface area contributed by atoms with Crippen molar-refractivity contribution in [1.29, 1.82) is 0 Å². The molecule has 0 saturated carbocycles. The van der Waals surface area contributed by atoms with Gasteiger partial charge in [-0.15, -0.1) is 0 Å². The van der Waals surface area contributed by atoms with Gasteiger partial charge in [0.05, 0.1) is 19.3 Å². The summed E-state index contributed by atoms with van der Waals surface area (Å²) in [6.45, 7) is 1.71. The number of morpholine rings is 1. The number of amides is 1. The Morgan fingerprint density at radius 3 is 2.88 bits per heavy atom. The van der Waals surface area contributed by atoms with E-state index in [9.17, 15) is 9.59 Å². The molecule has 2 aliphatic heterocycles. The van der Waals surface area contributed by atoms with Crippen molar-refractivity contribution in [3.63, 3.8) is 0 Å². The van der Waals surface area contributed by atoms with E-state index in [4.69, 9.17) is 9.84 Å². The molecule has 90 valence electrons. The van der Waals surface area contributed by atoms with Gasteiger partial charge < -0.3 is 20.1 Å². The lowest BCUT2D eigenvalue weighted by Gasteiger charge is -2.34. The molecule has 2 N–H and O–H groups in total. The molecule has 0 aromatic carbocycles. The van der Waals surface area contributed by atoms with E-state index in [1.54, 1.807) is 0 Å². The summed E-state index contributed by atoms with van der Waals surface area (Å²) in [5, 5.41) is 12.1. The quantitative estimate of drug-likeness (QED) is 0.637. The Hall–Kier alpha value is -1.14. The highest BCUT2D eigenvalue weighted by molar-refractivity contribution is 5.87. The second-order valence-corrected chi connectivity index (χ2v) is 4.11. The van der Waals surface area contributed by atoms with Gasteiger partial charge in [0.1, 0.15) is 0 Å². The average Bonchev–Trinajstić information content (AvgIpc) is 2.81. The van der Waals surface area contributed by atoms with Gasteiger partial charge in [-0.2, -0.15) is 0 Å². The lowest BCUT2D eigenvalue weighted by molar-refractivity contribution is -0.159. The molecule has 0 aliphatic carbocycles. The molecular formula is C10H16N2O4. The minimum atomic E-state index is -0.994. The van der Waals surface area contributed by atoms with Crippen molar-refractivity contribution in [3.8, 4) is 0 Å². The molecule has 0 radical (unpaired) electrons. The van der Waals surface area contributed by atoms with Crippen LogP contribution in [-0.2, 0) is 14.3 Å². The number of aliphatic carboxylic acids is 1. The van der Waals surface area contributed by atoms with Crippen molar-refractivity contribution >= 4 is 11.9 Å². The number of ether oxygens (including phenoxy) is 1. The molecular weight excluding hydrogens is 212 g/mol. The highest BCUT2D eigenvalue weighted by Crippen LogP contribution is 2.14. The number of carbonyl (C=O) groups excluding carboxylic acids is 1. The van der Waals surface area contributed by atoms with Crippen molar-refractivity contribution in [2.45, 2.75) is 24.9 Å². The zero-order valence-corrected chi connectivity index (χ0v) is 9.02. The van der Waals surface area contributed by atoms with Crippen LogP contribution in [0.25, 0.3) is 0 Å². The lowest BCUT2D eigenvalue weighted by atomic mass is 10.1. The second-order valence-electron chi connectivity index (χ2n) is 4.11. The molecule has 2 aliphatic rings. The molecule has 0 spiro atoms. The highest BCUT2D eigenvalue weighted by atomic mass is 16.5. The zero-order valence-electron chi connectivity index (χ0n) is 9.02. The largest absolute Gasteiger partial charge is 0.480 e. The van der Waals surface area contributed by atoms with Crippen LogP contribution in [0.1, 0.15) is 12.8 Å². The van der Waals surface area contributed by atoms with E-state index in [0.29, 0.717) is 13.2 Å². The number of carboxylic acids is 1. The summed E-state index contributed by atoms with van der Waals surface area (Å²) in [6.07, 6.45) is 1.76. The van der Waals surface area contributed by atoms with Crippen molar-refractivity contribution in [2.75, 3.05) is 26.3 Å². The SMILES string of the molecule is O=C(O)C1COCCN1C(=O)[C@@H]1CCCN1. The normalized spacial score (nSPS) is 30.4. The maximum absolute atomic E-state index is 12.1. The Balaban J connectivity index is 2.04. The van der Waals surface area contributed by atoms with E-state index in [0.717, 1.165) is 19.4 Å². The fraction of sp³-hybridized carbons (Fsp3) is 0.800. The van der Waals surface area contributed by atoms with Crippen LogP contribution in [0.15, 0.2) is 0 Å². The Morgan fingerprint density at radius 2 is 2.25 bits per heavy atom. The van der Waals surface area contributed by atoms with E-state index in [2.05, 4.69) is 5.32 Å². The van der Waals surface area contributed by atoms with E-state index in [-0.39, 0.29) is 18.6 Å². The molecule has 16 heavy (non-hydrogen) atoms. The molecule has 1 amide bonds. The smallest absolute Gasteiger partial charge is 0.328 e. The van der Waals surface area contributed by atoms with Gasteiger partial charge in [-0.1, -0.05) is 0 Å². The molecule has 6 nitrogen and oxygen atoms in total. The Labute approximate surface area is 93.6 Å². The number of hydrogen-bond acceptors (Lipinski definition) is 4. The van der Waals surface area contributed by atoms with Gasteiger partial charge in [0, 0.05) is 6.54 Å². The average molecular weight is 228 g/mol. The van der Waals surface area contributed by atoms with Gasteiger partial charge in [-0.3, -0.25) is 4.79 Å². The number of carboxylic acid groups (broad SMARTS) is 1. The first-order valence-corrected chi connectivity index (χ1v) is 5.54. The number of hydrogen-bond donors (Lipinski definition) is 2. The van der Waals surface area contributed by atoms with Crippen LogP contribution in [0, 0.1) is 0 Å². The molecule has 0 aromatic heterocycles. The molecule has 2 heterocycles. The summed E-state index contributed by atoms with van der Waals surface area (Å²) >= 11 is 0. The first kappa shape index (κ1) is 11.3. The molecule has 0 aromatic rings.